The Bertz CT molecular complexity index is 222. The van der Waals surface area contributed by atoms with Gasteiger partial charge in [0, 0.05) is 25.3 Å². The van der Waals surface area contributed by atoms with Crippen molar-refractivity contribution in [2.24, 2.45) is 11.3 Å². The third kappa shape index (κ3) is 5.27. The molecule has 2 nitrogen and oxygen atoms in total. The van der Waals surface area contributed by atoms with Crippen molar-refractivity contribution in [1.82, 2.24) is 5.32 Å². The van der Waals surface area contributed by atoms with E-state index < -0.39 is 0 Å². The van der Waals surface area contributed by atoms with E-state index in [4.69, 9.17) is 4.74 Å². The molecule has 0 amide bonds. The molecule has 0 spiro atoms. The summed E-state index contributed by atoms with van der Waals surface area (Å²) in [7, 11) is 0. The molecule has 1 aliphatic rings. The van der Waals surface area contributed by atoms with E-state index >= 15 is 0 Å². The minimum absolute atomic E-state index is 0.227. The molecule has 108 valence electrons. The number of hydrogen-bond donors (Lipinski definition) is 1. The maximum Gasteiger partial charge on any atom is 0.0468 e. The maximum atomic E-state index is 5.48. The highest BCUT2D eigenvalue weighted by Crippen LogP contribution is 2.37. The van der Waals surface area contributed by atoms with Crippen molar-refractivity contribution in [3.05, 3.63) is 0 Å². The van der Waals surface area contributed by atoms with Crippen molar-refractivity contribution in [3.8, 4) is 0 Å². The van der Waals surface area contributed by atoms with Crippen molar-refractivity contribution in [2.75, 3.05) is 19.8 Å². The van der Waals surface area contributed by atoms with Gasteiger partial charge in [0.1, 0.15) is 0 Å². The van der Waals surface area contributed by atoms with Crippen LogP contribution in [-0.2, 0) is 4.74 Å². The minimum Gasteiger partial charge on any atom is -0.381 e. The molecule has 1 heterocycles. The van der Waals surface area contributed by atoms with Gasteiger partial charge in [0.15, 0.2) is 0 Å². The molecule has 18 heavy (non-hydrogen) atoms. The predicted octanol–water partition coefficient (Wildman–Crippen LogP) is 4.00. The summed E-state index contributed by atoms with van der Waals surface area (Å²) in [4.78, 5) is 0. The molecule has 0 unspecified atom stereocenters. The first-order valence-electron chi connectivity index (χ1n) is 7.73. The molecule has 0 radical (unpaired) electrons. The second kappa shape index (κ2) is 6.91. The summed E-state index contributed by atoms with van der Waals surface area (Å²) in [5, 5.41) is 3.72. The molecule has 0 aliphatic carbocycles. The van der Waals surface area contributed by atoms with Crippen LogP contribution in [0.3, 0.4) is 0 Å². The third-order valence-corrected chi connectivity index (χ3v) is 4.56. The van der Waals surface area contributed by atoms with Crippen molar-refractivity contribution >= 4 is 0 Å². The number of rotatable bonds is 6. The predicted molar refractivity (Wildman–Crippen MR) is 78.9 cm³/mol. The monoisotopic (exact) mass is 255 g/mol. The van der Waals surface area contributed by atoms with Gasteiger partial charge in [-0.2, -0.15) is 0 Å². The second-order valence-electron chi connectivity index (χ2n) is 7.07. The van der Waals surface area contributed by atoms with Crippen molar-refractivity contribution in [2.45, 2.75) is 72.3 Å². The van der Waals surface area contributed by atoms with Gasteiger partial charge in [-0.25, -0.2) is 0 Å². The lowest BCUT2D eigenvalue weighted by Gasteiger charge is -2.39. The number of hydrogen-bond acceptors (Lipinski definition) is 2. The molecule has 0 aromatic rings. The van der Waals surface area contributed by atoms with E-state index in [9.17, 15) is 0 Å². The zero-order valence-corrected chi connectivity index (χ0v) is 13.1. The Hall–Kier alpha value is -0.0800. The van der Waals surface area contributed by atoms with Crippen LogP contribution < -0.4 is 5.32 Å². The lowest BCUT2D eigenvalue weighted by Crippen LogP contribution is -2.44. The zero-order valence-electron chi connectivity index (χ0n) is 13.1. The summed E-state index contributed by atoms with van der Waals surface area (Å²) in [5.74, 6) is 0.875. The van der Waals surface area contributed by atoms with Crippen LogP contribution in [0.25, 0.3) is 0 Å². The molecule has 2 heteroatoms. The highest BCUT2D eigenvalue weighted by atomic mass is 16.5. The van der Waals surface area contributed by atoms with E-state index in [1.165, 1.54) is 32.1 Å². The van der Waals surface area contributed by atoms with Gasteiger partial charge in [0.25, 0.3) is 0 Å². The molecule has 1 rings (SSSR count). The Morgan fingerprint density at radius 2 is 1.61 bits per heavy atom. The molecule has 1 aliphatic heterocycles. The summed E-state index contributed by atoms with van der Waals surface area (Å²) in [6.07, 6.45) is 6.45. The summed E-state index contributed by atoms with van der Waals surface area (Å²) in [6.45, 7) is 14.6. The van der Waals surface area contributed by atoms with Gasteiger partial charge < -0.3 is 10.1 Å². The fraction of sp³-hybridized carbons (Fsp3) is 1.00. The Labute approximate surface area is 114 Å². The summed E-state index contributed by atoms with van der Waals surface area (Å²) in [5.41, 5.74) is 0.709. The number of nitrogens with one attached hydrogen (secondary N) is 1. The first-order valence-corrected chi connectivity index (χ1v) is 7.73. The van der Waals surface area contributed by atoms with Crippen LogP contribution in [0, 0.1) is 11.3 Å². The van der Waals surface area contributed by atoms with E-state index in [1.807, 2.05) is 0 Å². The highest BCUT2D eigenvalue weighted by molar-refractivity contribution is 4.85. The molecular formula is C16H33NO. The lowest BCUT2D eigenvalue weighted by atomic mass is 9.73. The molecule has 0 atom stereocenters. The van der Waals surface area contributed by atoms with E-state index in [0.29, 0.717) is 5.41 Å². The van der Waals surface area contributed by atoms with Crippen molar-refractivity contribution < 1.29 is 4.74 Å². The van der Waals surface area contributed by atoms with Crippen molar-refractivity contribution in [3.63, 3.8) is 0 Å². The molecular weight excluding hydrogens is 222 g/mol. The van der Waals surface area contributed by atoms with E-state index in [1.54, 1.807) is 0 Å². The van der Waals surface area contributed by atoms with Gasteiger partial charge in [-0.05, 0) is 64.2 Å². The van der Waals surface area contributed by atoms with Gasteiger partial charge in [0.2, 0.25) is 0 Å². The molecule has 0 saturated carbocycles. The lowest BCUT2D eigenvalue weighted by molar-refractivity contribution is 0.0430. The van der Waals surface area contributed by atoms with Crippen LogP contribution in [0.1, 0.15) is 66.7 Å². The summed E-state index contributed by atoms with van der Waals surface area (Å²) in [6, 6.07) is 0. The smallest absolute Gasteiger partial charge is 0.0468 e. The van der Waals surface area contributed by atoms with Gasteiger partial charge in [-0.3, -0.25) is 0 Å². The minimum atomic E-state index is 0.227. The maximum absolute atomic E-state index is 5.48. The summed E-state index contributed by atoms with van der Waals surface area (Å²) < 4.78 is 5.48. The van der Waals surface area contributed by atoms with E-state index in [0.717, 1.165) is 25.7 Å². The number of ether oxygens (including phenoxy) is 1. The Morgan fingerprint density at radius 1 is 1.06 bits per heavy atom. The molecule has 0 aromatic carbocycles. The first-order chi connectivity index (χ1) is 8.41. The van der Waals surface area contributed by atoms with Crippen LogP contribution in [-0.4, -0.2) is 25.3 Å². The van der Waals surface area contributed by atoms with Crippen LogP contribution in [0.15, 0.2) is 0 Å². The van der Waals surface area contributed by atoms with Gasteiger partial charge >= 0.3 is 0 Å². The van der Waals surface area contributed by atoms with Crippen LogP contribution in [0.5, 0.6) is 0 Å². The fourth-order valence-electron chi connectivity index (χ4n) is 2.88. The Morgan fingerprint density at radius 3 is 2.06 bits per heavy atom. The topological polar surface area (TPSA) is 21.3 Å². The van der Waals surface area contributed by atoms with Crippen LogP contribution in [0.2, 0.25) is 0 Å². The summed E-state index contributed by atoms with van der Waals surface area (Å²) >= 11 is 0. The SMILES string of the molecule is CCC(CC)(CNC(C)(C)C)CC1CCOCC1. The fourth-order valence-corrected chi connectivity index (χ4v) is 2.88. The first kappa shape index (κ1) is 16.0. The van der Waals surface area contributed by atoms with Crippen LogP contribution >= 0.6 is 0 Å². The molecule has 1 saturated heterocycles. The van der Waals surface area contributed by atoms with Gasteiger partial charge in [-0.15, -0.1) is 0 Å². The standard InChI is InChI=1S/C16H33NO/c1-6-16(7-2,13-17-15(3,4)5)12-14-8-10-18-11-9-14/h14,17H,6-13H2,1-5H3. The van der Waals surface area contributed by atoms with Crippen LogP contribution in [0.4, 0.5) is 0 Å². The van der Waals surface area contributed by atoms with Gasteiger partial charge in [-0.1, -0.05) is 13.8 Å². The average molecular weight is 255 g/mol. The van der Waals surface area contributed by atoms with E-state index in [-0.39, 0.29) is 5.54 Å². The van der Waals surface area contributed by atoms with Crippen molar-refractivity contribution in [1.29, 1.82) is 0 Å². The molecule has 1 N–H and O–H groups in total. The molecule has 1 fully saturated rings. The average Bonchev–Trinajstić information content (AvgIpc) is 2.35. The molecule has 0 aromatic heterocycles. The second-order valence-corrected chi connectivity index (χ2v) is 7.07. The normalized spacial score (nSPS) is 19.2. The molecule has 0 bridgehead atoms. The Kier molecular flexibility index (Phi) is 6.13. The zero-order chi connectivity index (χ0) is 13.6. The third-order valence-electron chi connectivity index (χ3n) is 4.56. The largest absolute Gasteiger partial charge is 0.381 e. The van der Waals surface area contributed by atoms with E-state index in [2.05, 4.69) is 39.9 Å². The van der Waals surface area contributed by atoms with Gasteiger partial charge in [0.05, 0.1) is 0 Å². The quantitative estimate of drug-likeness (QED) is 0.774. The Balaban J connectivity index is 2.54. The highest BCUT2D eigenvalue weighted by Gasteiger charge is 2.31.